The lowest BCUT2D eigenvalue weighted by molar-refractivity contribution is 0.0601. The average molecular weight is 271 g/mol. The van der Waals surface area contributed by atoms with Gasteiger partial charge in [-0.25, -0.2) is 4.79 Å². The molecule has 106 valence electrons. The first-order valence-electron chi connectivity index (χ1n) is 7.30. The fourth-order valence-corrected chi connectivity index (χ4v) is 3.59. The van der Waals surface area contributed by atoms with Gasteiger partial charge in [0.05, 0.1) is 12.7 Å². The summed E-state index contributed by atoms with van der Waals surface area (Å²) in [5, 5.41) is 3.57. The minimum atomic E-state index is -0.289. The van der Waals surface area contributed by atoms with E-state index in [2.05, 4.69) is 24.4 Å². The molecule has 1 saturated carbocycles. The third-order valence-corrected chi connectivity index (χ3v) is 4.67. The van der Waals surface area contributed by atoms with E-state index >= 15 is 0 Å². The van der Waals surface area contributed by atoms with Crippen molar-refractivity contribution >= 4 is 11.7 Å². The van der Waals surface area contributed by atoms with Gasteiger partial charge in [0.15, 0.2) is 0 Å². The minimum Gasteiger partial charge on any atom is -0.465 e. The van der Waals surface area contributed by atoms with Gasteiger partial charge in [-0.3, -0.25) is 0 Å². The van der Waals surface area contributed by atoms with Gasteiger partial charge < -0.3 is 10.1 Å². The molecule has 3 heteroatoms. The molecule has 1 aromatic rings. The highest BCUT2D eigenvalue weighted by atomic mass is 16.5. The highest BCUT2D eigenvalue weighted by Crippen LogP contribution is 2.45. The third kappa shape index (κ3) is 2.45. The van der Waals surface area contributed by atoms with Crippen LogP contribution in [0.2, 0.25) is 0 Å². The van der Waals surface area contributed by atoms with E-state index in [4.69, 9.17) is 4.74 Å². The van der Waals surface area contributed by atoms with Gasteiger partial charge in [-0.2, -0.15) is 0 Å². The number of methoxy groups -OCH3 is 1. The zero-order valence-electron chi connectivity index (χ0n) is 12.0. The average Bonchev–Trinajstić information content (AvgIpc) is 3.10. The van der Waals surface area contributed by atoms with Gasteiger partial charge in [0.25, 0.3) is 0 Å². The number of esters is 1. The smallest absolute Gasteiger partial charge is 0.337 e. The molecule has 2 aliphatic rings. The molecule has 1 N–H and O–H groups in total. The van der Waals surface area contributed by atoms with E-state index in [1.165, 1.54) is 20.0 Å². The van der Waals surface area contributed by atoms with Crippen LogP contribution in [0.15, 0.2) is 36.4 Å². The Balaban J connectivity index is 1.63. The summed E-state index contributed by atoms with van der Waals surface area (Å²) in [6, 6.07) is 7.97. The Morgan fingerprint density at radius 2 is 2.00 bits per heavy atom. The van der Waals surface area contributed by atoms with Crippen molar-refractivity contribution in [3.05, 3.63) is 42.0 Å². The van der Waals surface area contributed by atoms with Crippen molar-refractivity contribution in [3.8, 4) is 0 Å². The molecule has 3 nitrogen and oxygen atoms in total. The van der Waals surface area contributed by atoms with Crippen molar-refractivity contribution in [2.75, 3.05) is 12.4 Å². The summed E-state index contributed by atoms with van der Waals surface area (Å²) in [7, 11) is 1.40. The molecular weight excluding hydrogens is 250 g/mol. The van der Waals surface area contributed by atoms with Crippen LogP contribution in [0, 0.1) is 17.8 Å². The molecule has 0 radical (unpaired) electrons. The maximum atomic E-state index is 11.4. The van der Waals surface area contributed by atoms with Gasteiger partial charge in [-0.1, -0.05) is 12.2 Å². The van der Waals surface area contributed by atoms with Crippen LogP contribution in [0.3, 0.4) is 0 Å². The van der Waals surface area contributed by atoms with Crippen molar-refractivity contribution in [2.24, 2.45) is 17.8 Å². The lowest BCUT2D eigenvalue weighted by atomic mass is 9.87. The number of carbonyl (C=O) groups is 1. The Bertz CT molecular complexity index is 520. The van der Waals surface area contributed by atoms with Gasteiger partial charge >= 0.3 is 5.97 Å². The predicted octanol–water partition coefficient (Wildman–Crippen LogP) is 3.49. The van der Waals surface area contributed by atoms with Gasteiger partial charge in [-0.15, -0.1) is 0 Å². The molecule has 4 unspecified atom stereocenters. The van der Waals surface area contributed by atoms with Crippen LogP contribution in [0.5, 0.6) is 0 Å². The Hall–Kier alpha value is -1.77. The number of nitrogens with one attached hydrogen (secondary N) is 1. The molecule has 4 atom stereocenters. The van der Waals surface area contributed by atoms with Gasteiger partial charge in [0.2, 0.25) is 0 Å². The zero-order valence-corrected chi connectivity index (χ0v) is 12.0. The molecule has 1 aromatic carbocycles. The maximum Gasteiger partial charge on any atom is 0.337 e. The Morgan fingerprint density at radius 1 is 1.25 bits per heavy atom. The van der Waals surface area contributed by atoms with Crippen molar-refractivity contribution in [1.29, 1.82) is 0 Å². The van der Waals surface area contributed by atoms with E-state index in [-0.39, 0.29) is 5.97 Å². The minimum absolute atomic E-state index is 0.289. The monoisotopic (exact) mass is 271 g/mol. The first kappa shape index (κ1) is 13.2. The number of hydrogen-bond donors (Lipinski definition) is 1. The molecule has 20 heavy (non-hydrogen) atoms. The van der Waals surface area contributed by atoms with Crippen LogP contribution in [0.4, 0.5) is 5.69 Å². The largest absolute Gasteiger partial charge is 0.465 e. The SMILES string of the molecule is COC(=O)c1ccc(NC(C)C2CC3C=CC2C3)cc1. The molecule has 0 aromatic heterocycles. The quantitative estimate of drug-likeness (QED) is 0.673. The van der Waals surface area contributed by atoms with Gasteiger partial charge in [-0.05, 0) is 61.8 Å². The molecule has 0 heterocycles. The molecular formula is C17H21NO2. The second kappa shape index (κ2) is 5.31. The van der Waals surface area contributed by atoms with E-state index in [9.17, 15) is 4.79 Å². The van der Waals surface area contributed by atoms with Crippen LogP contribution in [-0.2, 0) is 4.74 Å². The second-order valence-corrected chi connectivity index (χ2v) is 5.95. The number of hydrogen-bond acceptors (Lipinski definition) is 3. The summed E-state index contributed by atoms with van der Waals surface area (Å²) in [6.07, 6.45) is 7.39. The normalized spacial score (nSPS) is 28.4. The summed E-state index contributed by atoms with van der Waals surface area (Å²) >= 11 is 0. The molecule has 2 aliphatic carbocycles. The van der Waals surface area contributed by atoms with Crippen molar-refractivity contribution in [2.45, 2.75) is 25.8 Å². The Labute approximate surface area is 120 Å². The third-order valence-electron chi connectivity index (χ3n) is 4.67. The topological polar surface area (TPSA) is 38.3 Å². The lowest BCUT2D eigenvalue weighted by Crippen LogP contribution is -2.28. The number of benzene rings is 1. The van der Waals surface area contributed by atoms with Crippen LogP contribution in [0.1, 0.15) is 30.1 Å². The number of rotatable bonds is 4. The molecule has 0 amide bonds. The van der Waals surface area contributed by atoms with Gasteiger partial charge in [0.1, 0.15) is 0 Å². The molecule has 0 aliphatic heterocycles. The number of fused-ring (bicyclic) bond motifs is 2. The Morgan fingerprint density at radius 3 is 2.55 bits per heavy atom. The summed E-state index contributed by atoms with van der Waals surface area (Å²) in [5.41, 5.74) is 1.66. The molecule has 0 spiro atoms. The lowest BCUT2D eigenvalue weighted by Gasteiger charge is -2.27. The van der Waals surface area contributed by atoms with Crippen LogP contribution in [-0.4, -0.2) is 19.1 Å². The van der Waals surface area contributed by atoms with Crippen molar-refractivity contribution < 1.29 is 9.53 Å². The fourth-order valence-electron chi connectivity index (χ4n) is 3.59. The highest BCUT2D eigenvalue weighted by molar-refractivity contribution is 5.89. The first-order valence-corrected chi connectivity index (χ1v) is 7.30. The van der Waals surface area contributed by atoms with Crippen molar-refractivity contribution in [3.63, 3.8) is 0 Å². The Kier molecular flexibility index (Phi) is 3.51. The summed E-state index contributed by atoms with van der Waals surface area (Å²) in [5.74, 6) is 1.99. The molecule has 1 fully saturated rings. The number of allylic oxidation sites excluding steroid dienone is 2. The highest BCUT2D eigenvalue weighted by Gasteiger charge is 2.38. The summed E-state index contributed by atoms with van der Waals surface area (Å²) < 4.78 is 4.71. The van der Waals surface area contributed by atoms with E-state index < -0.39 is 0 Å². The van der Waals surface area contributed by atoms with E-state index in [0.29, 0.717) is 11.6 Å². The molecule has 0 saturated heterocycles. The molecule has 2 bridgehead atoms. The standard InChI is InChI=1S/C17H21NO2/c1-11(16-10-12-3-4-14(16)9-12)18-15-7-5-13(6-8-15)17(19)20-2/h3-8,11-12,14,16,18H,9-10H2,1-2H3. The van der Waals surface area contributed by atoms with Crippen LogP contribution >= 0.6 is 0 Å². The summed E-state index contributed by atoms with van der Waals surface area (Å²) in [4.78, 5) is 11.4. The predicted molar refractivity (Wildman–Crippen MR) is 79.7 cm³/mol. The molecule has 3 rings (SSSR count). The van der Waals surface area contributed by atoms with Crippen molar-refractivity contribution in [1.82, 2.24) is 0 Å². The number of ether oxygens (including phenoxy) is 1. The van der Waals surface area contributed by atoms with Crippen LogP contribution < -0.4 is 5.32 Å². The van der Waals surface area contributed by atoms with E-state index in [0.717, 1.165) is 23.4 Å². The van der Waals surface area contributed by atoms with E-state index in [1.54, 1.807) is 0 Å². The fraction of sp³-hybridized carbons (Fsp3) is 0.471. The van der Waals surface area contributed by atoms with E-state index in [1.807, 2.05) is 24.3 Å². The number of carbonyl (C=O) groups excluding carboxylic acids is 1. The maximum absolute atomic E-state index is 11.4. The summed E-state index contributed by atoms with van der Waals surface area (Å²) in [6.45, 7) is 2.26. The first-order chi connectivity index (χ1) is 9.67. The van der Waals surface area contributed by atoms with Crippen LogP contribution in [0.25, 0.3) is 0 Å². The second-order valence-electron chi connectivity index (χ2n) is 5.95. The number of anilines is 1. The van der Waals surface area contributed by atoms with Gasteiger partial charge in [0, 0.05) is 11.7 Å². The zero-order chi connectivity index (χ0) is 14.1.